The number of hydrogen-bond donors (Lipinski definition) is 2. The first-order valence-corrected chi connectivity index (χ1v) is 9.54. The molecule has 0 radical (unpaired) electrons. The SMILES string of the molecule is CCNC(=NCC1(CCOCC)CC1)NCC1CCCS1. The molecule has 21 heavy (non-hydrogen) atoms. The Bertz CT molecular complexity index is 325. The Morgan fingerprint density at radius 2 is 2.19 bits per heavy atom. The summed E-state index contributed by atoms with van der Waals surface area (Å²) in [6, 6.07) is 0. The lowest BCUT2D eigenvalue weighted by Crippen LogP contribution is -2.40. The Morgan fingerprint density at radius 1 is 1.33 bits per heavy atom. The van der Waals surface area contributed by atoms with Crippen molar-refractivity contribution in [2.75, 3.05) is 38.6 Å². The Hall–Kier alpha value is -0.420. The highest BCUT2D eigenvalue weighted by Crippen LogP contribution is 2.49. The lowest BCUT2D eigenvalue weighted by molar-refractivity contribution is 0.129. The first-order chi connectivity index (χ1) is 10.3. The maximum absolute atomic E-state index is 5.50. The fraction of sp³-hybridized carbons (Fsp3) is 0.938. The van der Waals surface area contributed by atoms with Gasteiger partial charge in [0.2, 0.25) is 0 Å². The zero-order valence-corrected chi connectivity index (χ0v) is 14.4. The summed E-state index contributed by atoms with van der Waals surface area (Å²) in [5.74, 6) is 2.31. The van der Waals surface area contributed by atoms with Crippen LogP contribution in [0, 0.1) is 5.41 Å². The number of guanidine groups is 1. The second-order valence-corrected chi connectivity index (χ2v) is 7.57. The van der Waals surface area contributed by atoms with Gasteiger partial charge in [0.25, 0.3) is 0 Å². The molecule has 1 aliphatic heterocycles. The standard InChI is InChI=1S/C16H31N3OS/c1-3-17-15(18-12-14-6-5-11-21-14)19-13-16(7-8-16)9-10-20-4-2/h14H,3-13H2,1-2H3,(H2,17,18,19). The molecule has 5 heteroatoms. The molecule has 1 saturated carbocycles. The minimum absolute atomic E-state index is 0.430. The van der Waals surface area contributed by atoms with E-state index in [2.05, 4.69) is 36.2 Å². The molecule has 2 rings (SSSR count). The van der Waals surface area contributed by atoms with E-state index in [9.17, 15) is 0 Å². The highest BCUT2D eigenvalue weighted by Gasteiger charge is 2.41. The van der Waals surface area contributed by atoms with E-state index in [-0.39, 0.29) is 0 Å². The van der Waals surface area contributed by atoms with Crippen LogP contribution < -0.4 is 10.6 Å². The van der Waals surface area contributed by atoms with Crippen molar-refractivity contribution in [2.45, 2.75) is 51.2 Å². The molecule has 1 atom stereocenters. The van der Waals surface area contributed by atoms with Crippen molar-refractivity contribution in [3.63, 3.8) is 0 Å². The zero-order chi connectivity index (χ0) is 15.0. The van der Waals surface area contributed by atoms with Crippen molar-refractivity contribution in [2.24, 2.45) is 10.4 Å². The topological polar surface area (TPSA) is 45.7 Å². The predicted molar refractivity (Wildman–Crippen MR) is 92.2 cm³/mol. The monoisotopic (exact) mass is 313 g/mol. The van der Waals surface area contributed by atoms with Crippen molar-refractivity contribution in [3.05, 3.63) is 0 Å². The molecule has 0 spiro atoms. The first-order valence-electron chi connectivity index (χ1n) is 8.49. The molecule has 0 aromatic heterocycles. The third-order valence-corrected chi connectivity index (χ3v) is 5.77. The van der Waals surface area contributed by atoms with Crippen LogP contribution in [-0.4, -0.2) is 49.8 Å². The highest BCUT2D eigenvalue weighted by atomic mass is 32.2. The summed E-state index contributed by atoms with van der Waals surface area (Å²) in [5.41, 5.74) is 0.430. The van der Waals surface area contributed by atoms with Crippen LogP contribution in [-0.2, 0) is 4.74 Å². The van der Waals surface area contributed by atoms with Crippen LogP contribution in [0.4, 0.5) is 0 Å². The smallest absolute Gasteiger partial charge is 0.191 e. The van der Waals surface area contributed by atoms with Crippen LogP contribution in [0.1, 0.15) is 46.0 Å². The normalized spacial score (nSPS) is 24.1. The second-order valence-electron chi connectivity index (χ2n) is 6.16. The van der Waals surface area contributed by atoms with Gasteiger partial charge >= 0.3 is 0 Å². The van der Waals surface area contributed by atoms with E-state index in [1.165, 1.54) is 31.4 Å². The summed E-state index contributed by atoms with van der Waals surface area (Å²) >= 11 is 2.09. The van der Waals surface area contributed by atoms with E-state index in [0.717, 1.165) is 50.5 Å². The van der Waals surface area contributed by atoms with Gasteiger partial charge in [-0.05, 0) is 57.1 Å². The van der Waals surface area contributed by atoms with Crippen LogP contribution >= 0.6 is 11.8 Å². The maximum Gasteiger partial charge on any atom is 0.191 e. The third kappa shape index (κ3) is 6.07. The fourth-order valence-electron chi connectivity index (χ4n) is 2.70. The van der Waals surface area contributed by atoms with Gasteiger partial charge in [-0.1, -0.05) is 0 Å². The van der Waals surface area contributed by atoms with E-state index >= 15 is 0 Å². The lowest BCUT2D eigenvalue weighted by atomic mass is 10.0. The Labute approximate surface area is 133 Å². The van der Waals surface area contributed by atoms with Crippen LogP contribution in [0.5, 0.6) is 0 Å². The van der Waals surface area contributed by atoms with Crippen molar-refractivity contribution >= 4 is 17.7 Å². The van der Waals surface area contributed by atoms with Crippen LogP contribution in [0.25, 0.3) is 0 Å². The average Bonchev–Trinajstić information content (AvgIpc) is 3.06. The molecular formula is C16H31N3OS. The molecule has 0 bridgehead atoms. The minimum atomic E-state index is 0.430. The van der Waals surface area contributed by atoms with Gasteiger partial charge in [-0.3, -0.25) is 4.99 Å². The Kier molecular flexibility index (Phi) is 7.17. The molecule has 0 amide bonds. The lowest BCUT2D eigenvalue weighted by Gasteiger charge is -2.17. The number of ether oxygens (including phenoxy) is 1. The van der Waals surface area contributed by atoms with Gasteiger partial charge < -0.3 is 15.4 Å². The van der Waals surface area contributed by atoms with E-state index in [0.29, 0.717) is 5.41 Å². The summed E-state index contributed by atoms with van der Waals surface area (Å²) in [6.07, 6.45) is 6.48. The van der Waals surface area contributed by atoms with Crippen molar-refractivity contribution < 1.29 is 4.74 Å². The molecule has 0 aromatic carbocycles. The molecule has 0 aromatic rings. The number of rotatable bonds is 9. The number of thioether (sulfide) groups is 1. The average molecular weight is 314 g/mol. The largest absolute Gasteiger partial charge is 0.382 e. The highest BCUT2D eigenvalue weighted by molar-refractivity contribution is 8.00. The molecule has 122 valence electrons. The Balaban J connectivity index is 1.74. The minimum Gasteiger partial charge on any atom is -0.382 e. The van der Waals surface area contributed by atoms with Gasteiger partial charge in [0, 0.05) is 38.1 Å². The summed E-state index contributed by atoms with van der Waals surface area (Å²) in [5, 5.41) is 7.66. The summed E-state index contributed by atoms with van der Waals surface area (Å²) in [6.45, 7) is 8.80. The van der Waals surface area contributed by atoms with Gasteiger partial charge in [0.15, 0.2) is 5.96 Å². The third-order valence-electron chi connectivity index (χ3n) is 4.38. The number of nitrogens with zero attached hydrogens (tertiary/aromatic N) is 1. The molecule has 2 N–H and O–H groups in total. The molecule has 1 saturated heterocycles. The van der Waals surface area contributed by atoms with Gasteiger partial charge in [-0.25, -0.2) is 0 Å². The quantitative estimate of drug-likeness (QED) is 0.390. The summed E-state index contributed by atoms with van der Waals surface area (Å²) in [7, 11) is 0. The molecule has 2 fully saturated rings. The molecule has 1 aliphatic carbocycles. The second kappa shape index (κ2) is 8.89. The Morgan fingerprint density at radius 3 is 2.81 bits per heavy atom. The van der Waals surface area contributed by atoms with Gasteiger partial charge in [0.05, 0.1) is 0 Å². The molecular weight excluding hydrogens is 282 g/mol. The van der Waals surface area contributed by atoms with E-state index in [4.69, 9.17) is 9.73 Å². The number of aliphatic imine (C=N–C) groups is 1. The molecule has 1 unspecified atom stereocenters. The number of nitrogens with one attached hydrogen (secondary N) is 2. The number of hydrogen-bond acceptors (Lipinski definition) is 3. The molecule has 1 heterocycles. The van der Waals surface area contributed by atoms with Crippen molar-refractivity contribution in [1.29, 1.82) is 0 Å². The van der Waals surface area contributed by atoms with E-state index < -0.39 is 0 Å². The zero-order valence-electron chi connectivity index (χ0n) is 13.6. The van der Waals surface area contributed by atoms with Gasteiger partial charge in [-0.2, -0.15) is 11.8 Å². The van der Waals surface area contributed by atoms with E-state index in [1.807, 2.05) is 0 Å². The molecule has 4 nitrogen and oxygen atoms in total. The van der Waals surface area contributed by atoms with Crippen molar-refractivity contribution in [1.82, 2.24) is 10.6 Å². The van der Waals surface area contributed by atoms with Crippen LogP contribution in [0.2, 0.25) is 0 Å². The van der Waals surface area contributed by atoms with E-state index in [1.54, 1.807) is 0 Å². The maximum atomic E-state index is 5.50. The summed E-state index contributed by atoms with van der Waals surface area (Å²) in [4.78, 5) is 4.82. The van der Waals surface area contributed by atoms with Gasteiger partial charge in [-0.15, -0.1) is 0 Å². The fourth-order valence-corrected chi connectivity index (χ4v) is 3.90. The molecule has 2 aliphatic rings. The van der Waals surface area contributed by atoms with Crippen molar-refractivity contribution in [3.8, 4) is 0 Å². The van der Waals surface area contributed by atoms with Crippen LogP contribution in [0.3, 0.4) is 0 Å². The first kappa shape index (κ1) is 16.9. The van der Waals surface area contributed by atoms with Crippen LogP contribution in [0.15, 0.2) is 4.99 Å². The predicted octanol–water partition coefficient (Wildman–Crippen LogP) is 2.64. The van der Waals surface area contributed by atoms with Gasteiger partial charge in [0.1, 0.15) is 0 Å². The summed E-state index contributed by atoms with van der Waals surface area (Å²) < 4.78 is 5.50.